The number of benzene rings is 2. The molecule has 0 radical (unpaired) electrons. The molecule has 0 bridgehead atoms. The summed E-state index contributed by atoms with van der Waals surface area (Å²) in [5.41, 5.74) is 1.10. The number of aromatic nitrogens is 3. The van der Waals surface area contributed by atoms with Crippen molar-refractivity contribution in [3.8, 4) is 34.1 Å². The number of nitrogens with one attached hydrogen (secondary N) is 1. The van der Waals surface area contributed by atoms with E-state index in [1.54, 1.807) is 44.6 Å². The van der Waals surface area contributed by atoms with Gasteiger partial charge in [0.05, 0.1) is 38.0 Å². The van der Waals surface area contributed by atoms with E-state index < -0.39 is 5.82 Å². The van der Waals surface area contributed by atoms with Crippen LogP contribution in [0.2, 0.25) is 0 Å². The van der Waals surface area contributed by atoms with Crippen LogP contribution in [0.25, 0.3) is 22.0 Å². The van der Waals surface area contributed by atoms with E-state index in [1.165, 1.54) is 35.7 Å². The van der Waals surface area contributed by atoms with E-state index in [2.05, 4.69) is 20.2 Å². The number of hydrogen-bond donors (Lipinski definition) is 1. The quantitative estimate of drug-likeness (QED) is 0.232. The van der Waals surface area contributed by atoms with Crippen molar-refractivity contribution < 1.29 is 23.3 Å². The van der Waals surface area contributed by atoms with Gasteiger partial charge in [-0.05, 0) is 55.0 Å². The minimum atomic E-state index is -0.604. The molecule has 3 heterocycles. The van der Waals surface area contributed by atoms with Gasteiger partial charge in [-0.3, -0.25) is 19.2 Å². The molecule has 1 N–H and O–H groups in total. The van der Waals surface area contributed by atoms with E-state index in [-0.39, 0.29) is 11.3 Å². The molecule has 0 spiro atoms. The van der Waals surface area contributed by atoms with Crippen molar-refractivity contribution in [2.45, 2.75) is 19.3 Å². The normalized spacial score (nSPS) is 15.4. The zero-order valence-corrected chi connectivity index (χ0v) is 24.5. The molecule has 0 unspecified atom stereocenters. The van der Waals surface area contributed by atoms with Crippen LogP contribution in [0.3, 0.4) is 0 Å². The van der Waals surface area contributed by atoms with Crippen molar-refractivity contribution in [2.24, 2.45) is 13.0 Å². The molecule has 2 fully saturated rings. The predicted molar refractivity (Wildman–Crippen MR) is 162 cm³/mol. The van der Waals surface area contributed by atoms with Gasteiger partial charge in [0.15, 0.2) is 23.1 Å². The SMILES string of the molecule is COc1cc2c(Oc3ccc(-c4cnc(NCC5CC5)n(C)c4=O)cc3F)ccnc2cc1OCCCN1CCOCC1. The summed E-state index contributed by atoms with van der Waals surface area (Å²) >= 11 is 0. The Bertz CT molecular complexity index is 1650. The molecule has 10 nitrogen and oxygen atoms in total. The Morgan fingerprint density at radius 1 is 1.05 bits per heavy atom. The molecule has 4 aromatic rings. The highest BCUT2D eigenvalue weighted by atomic mass is 19.1. The average Bonchev–Trinajstić information content (AvgIpc) is 3.86. The first-order valence-corrected chi connectivity index (χ1v) is 14.7. The van der Waals surface area contributed by atoms with E-state index in [9.17, 15) is 4.79 Å². The second-order valence-corrected chi connectivity index (χ2v) is 10.9. The van der Waals surface area contributed by atoms with Crippen LogP contribution in [-0.4, -0.2) is 72.5 Å². The van der Waals surface area contributed by atoms with Crippen molar-refractivity contribution in [1.82, 2.24) is 19.4 Å². The third-order valence-electron chi connectivity index (χ3n) is 7.84. The fourth-order valence-corrected chi connectivity index (χ4v) is 5.12. The molecule has 2 aromatic carbocycles. The minimum absolute atomic E-state index is 0.0196. The lowest BCUT2D eigenvalue weighted by Crippen LogP contribution is -2.37. The number of fused-ring (bicyclic) bond motifs is 1. The molecule has 1 saturated heterocycles. The highest BCUT2D eigenvalue weighted by Crippen LogP contribution is 2.38. The molecule has 2 aromatic heterocycles. The lowest BCUT2D eigenvalue weighted by atomic mass is 10.1. The van der Waals surface area contributed by atoms with Gasteiger partial charge in [-0.15, -0.1) is 0 Å². The molecule has 11 heteroatoms. The second-order valence-electron chi connectivity index (χ2n) is 10.9. The summed E-state index contributed by atoms with van der Waals surface area (Å²) in [6.45, 7) is 5.69. The fourth-order valence-electron chi connectivity index (χ4n) is 5.12. The summed E-state index contributed by atoms with van der Waals surface area (Å²) in [5.74, 6) is 2.09. The van der Waals surface area contributed by atoms with Crippen LogP contribution >= 0.6 is 0 Å². The second kappa shape index (κ2) is 13.0. The van der Waals surface area contributed by atoms with E-state index in [0.717, 1.165) is 45.8 Å². The third kappa shape index (κ3) is 6.73. The molecule has 1 aliphatic carbocycles. The van der Waals surface area contributed by atoms with E-state index in [0.29, 0.717) is 57.8 Å². The molecule has 6 rings (SSSR count). The minimum Gasteiger partial charge on any atom is -0.493 e. The number of nitrogens with zero attached hydrogens (tertiary/aromatic N) is 4. The summed E-state index contributed by atoms with van der Waals surface area (Å²) in [7, 11) is 3.23. The molecular weight excluding hydrogens is 553 g/mol. The monoisotopic (exact) mass is 589 g/mol. The highest BCUT2D eigenvalue weighted by Gasteiger charge is 2.22. The molecule has 43 heavy (non-hydrogen) atoms. The Kier molecular flexibility index (Phi) is 8.71. The fraction of sp³-hybridized carbons (Fsp3) is 0.406. The van der Waals surface area contributed by atoms with Gasteiger partial charge in [0.2, 0.25) is 5.95 Å². The Morgan fingerprint density at radius 2 is 1.88 bits per heavy atom. The number of pyridine rings is 1. The van der Waals surface area contributed by atoms with Crippen LogP contribution in [0.4, 0.5) is 10.3 Å². The zero-order valence-electron chi connectivity index (χ0n) is 24.5. The first-order valence-electron chi connectivity index (χ1n) is 14.7. The standard InChI is InChI=1S/C32H36FN5O5/c1-37-31(39)24(20-36-32(37)35-19-21-4-5-21)22-6-7-28(25(33)16-22)43-27-8-9-34-26-18-30(29(40-2)17-23(26)27)42-13-3-10-38-11-14-41-15-12-38/h6-9,16-18,20-21H,3-5,10-15,19H2,1-2H3,(H,35,36). The Hall–Kier alpha value is -4.22. The molecule has 0 atom stereocenters. The number of methoxy groups -OCH3 is 1. The predicted octanol–water partition coefficient (Wildman–Crippen LogP) is 4.86. The molecule has 226 valence electrons. The summed E-state index contributed by atoms with van der Waals surface area (Å²) in [6.07, 6.45) is 6.35. The number of rotatable bonds is 12. The maximum absolute atomic E-state index is 15.3. The van der Waals surface area contributed by atoms with Gasteiger partial charge in [-0.1, -0.05) is 6.07 Å². The first kappa shape index (κ1) is 28.9. The van der Waals surface area contributed by atoms with Gasteiger partial charge < -0.3 is 24.3 Å². The van der Waals surface area contributed by atoms with Crippen LogP contribution in [0, 0.1) is 11.7 Å². The Labute approximate surface area is 249 Å². The third-order valence-corrected chi connectivity index (χ3v) is 7.84. The summed E-state index contributed by atoms with van der Waals surface area (Å²) in [5, 5.41) is 3.87. The largest absolute Gasteiger partial charge is 0.493 e. The number of anilines is 1. The van der Waals surface area contributed by atoms with Crippen molar-refractivity contribution in [1.29, 1.82) is 0 Å². The Morgan fingerprint density at radius 3 is 2.65 bits per heavy atom. The molecule has 0 amide bonds. The topological polar surface area (TPSA) is 100.0 Å². The van der Waals surface area contributed by atoms with Crippen LogP contribution in [0.15, 0.2) is 53.6 Å². The smallest absolute Gasteiger partial charge is 0.262 e. The van der Waals surface area contributed by atoms with Crippen molar-refractivity contribution in [3.05, 3.63) is 65.0 Å². The molecule has 1 saturated carbocycles. The van der Waals surface area contributed by atoms with Gasteiger partial charge in [-0.25, -0.2) is 9.37 Å². The lowest BCUT2D eigenvalue weighted by Gasteiger charge is -2.26. The zero-order chi connectivity index (χ0) is 29.8. The summed E-state index contributed by atoms with van der Waals surface area (Å²) in [6, 6.07) is 9.72. The van der Waals surface area contributed by atoms with Crippen molar-refractivity contribution >= 4 is 16.9 Å². The maximum atomic E-state index is 15.3. The van der Waals surface area contributed by atoms with E-state index >= 15 is 4.39 Å². The van der Waals surface area contributed by atoms with Crippen molar-refractivity contribution in [2.75, 3.05) is 58.4 Å². The van der Waals surface area contributed by atoms with Crippen molar-refractivity contribution in [3.63, 3.8) is 0 Å². The lowest BCUT2D eigenvalue weighted by molar-refractivity contribution is 0.0357. The van der Waals surface area contributed by atoms with E-state index in [4.69, 9.17) is 18.9 Å². The first-order chi connectivity index (χ1) is 21.0. The number of ether oxygens (including phenoxy) is 4. The van der Waals surface area contributed by atoms with Crippen LogP contribution in [0.1, 0.15) is 19.3 Å². The summed E-state index contributed by atoms with van der Waals surface area (Å²) < 4.78 is 39.9. The number of morpholine rings is 1. The Balaban J connectivity index is 1.17. The van der Waals surface area contributed by atoms with E-state index in [1.807, 2.05) is 0 Å². The summed E-state index contributed by atoms with van der Waals surface area (Å²) in [4.78, 5) is 24.3. The molecule has 1 aliphatic heterocycles. The van der Waals surface area contributed by atoms with Gasteiger partial charge in [-0.2, -0.15) is 0 Å². The van der Waals surface area contributed by atoms with Gasteiger partial charge in [0.1, 0.15) is 5.75 Å². The maximum Gasteiger partial charge on any atom is 0.262 e. The van der Waals surface area contributed by atoms with Gasteiger partial charge >= 0.3 is 0 Å². The van der Waals surface area contributed by atoms with Crippen LogP contribution < -0.4 is 25.1 Å². The number of hydrogen-bond acceptors (Lipinski definition) is 9. The van der Waals surface area contributed by atoms with Gasteiger partial charge in [0.25, 0.3) is 5.56 Å². The molecular formula is C32H36FN5O5. The van der Waals surface area contributed by atoms with Crippen LogP contribution in [0.5, 0.6) is 23.0 Å². The number of halogens is 1. The molecule has 2 aliphatic rings. The average molecular weight is 590 g/mol. The van der Waals surface area contributed by atoms with Crippen LogP contribution in [-0.2, 0) is 11.8 Å². The van der Waals surface area contributed by atoms with Gasteiger partial charge in [0, 0.05) is 57.1 Å². The highest BCUT2D eigenvalue weighted by molar-refractivity contribution is 5.88.